The van der Waals surface area contributed by atoms with Crippen molar-refractivity contribution in [1.29, 1.82) is 5.26 Å². The number of nitrogens with zero attached hydrogens (tertiary/aromatic N) is 3. The molecule has 88 valence electrons. The van der Waals surface area contributed by atoms with Crippen molar-refractivity contribution < 1.29 is 4.92 Å². The summed E-state index contributed by atoms with van der Waals surface area (Å²) < 4.78 is 0. The van der Waals surface area contributed by atoms with Gasteiger partial charge in [0.05, 0.1) is 22.6 Å². The Morgan fingerprint density at radius 3 is 2.89 bits per heavy atom. The average Bonchev–Trinajstić information content (AvgIpc) is 2.39. The zero-order chi connectivity index (χ0) is 13.0. The molecule has 0 atom stereocenters. The van der Waals surface area contributed by atoms with Crippen molar-refractivity contribution in [2.45, 2.75) is 0 Å². The first-order valence-corrected chi connectivity index (χ1v) is 5.06. The fourth-order valence-electron chi connectivity index (χ4n) is 1.42. The van der Waals surface area contributed by atoms with Crippen molar-refractivity contribution in [1.82, 2.24) is 4.98 Å². The van der Waals surface area contributed by atoms with E-state index in [4.69, 9.17) is 5.26 Å². The van der Waals surface area contributed by atoms with Gasteiger partial charge in [0.15, 0.2) is 0 Å². The highest BCUT2D eigenvalue weighted by Crippen LogP contribution is 2.19. The third kappa shape index (κ3) is 2.59. The third-order valence-corrected chi connectivity index (χ3v) is 2.22. The van der Waals surface area contributed by atoms with E-state index in [-0.39, 0.29) is 5.69 Å². The lowest BCUT2D eigenvalue weighted by Gasteiger charge is -2.05. The molecule has 2 rings (SSSR count). The Bertz CT molecular complexity index is 634. The number of pyridine rings is 1. The predicted octanol–water partition coefficient (Wildman–Crippen LogP) is 2.61. The molecule has 6 nitrogen and oxygen atoms in total. The summed E-state index contributed by atoms with van der Waals surface area (Å²) in [6.07, 6.45) is 1.36. The van der Waals surface area contributed by atoms with E-state index in [0.29, 0.717) is 17.1 Å². The molecule has 0 fully saturated rings. The normalized spacial score (nSPS) is 9.50. The summed E-state index contributed by atoms with van der Waals surface area (Å²) in [6.45, 7) is 0. The number of anilines is 2. The summed E-state index contributed by atoms with van der Waals surface area (Å²) in [5.41, 5.74) is 1.12. The number of hydrogen-bond acceptors (Lipinski definition) is 5. The van der Waals surface area contributed by atoms with Crippen LogP contribution < -0.4 is 5.32 Å². The van der Waals surface area contributed by atoms with Gasteiger partial charge in [-0.1, -0.05) is 6.07 Å². The second-order valence-electron chi connectivity index (χ2n) is 3.47. The molecule has 0 radical (unpaired) electrons. The van der Waals surface area contributed by atoms with Gasteiger partial charge in [-0.2, -0.15) is 5.26 Å². The summed E-state index contributed by atoms with van der Waals surface area (Å²) in [5, 5.41) is 22.3. The molecule has 1 aromatic heterocycles. The highest BCUT2D eigenvalue weighted by molar-refractivity contribution is 5.60. The Morgan fingerprint density at radius 1 is 1.33 bits per heavy atom. The molecule has 0 bridgehead atoms. The maximum Gasteiger partial charge on any atom is 0.274 e. The Morgan fingerprint density at radius 2 is 2.17 bits per heavy atom. The van der Waals surface area contributed by atoms with Crippen LogP contribution in [-0.2, 0) is 0 Å². The highest BCUT2D eigenvalue weighted by Gasteiger charge is 2.06. The topological polar surface area (TPSA) is 91.8 Å². The molecule has 1 heterocycles. The van der Waals surface area contributed by atoms with Gasteiger partial charge in [-0.05, 0) is 18.2 Å². The maximum atomic E-state index is 10.6. The van der Waals surface area contributed by atoms with E-state index in [1.807, 2.05) is 6.07 Å². The Hall–Kier alpha value is -2.94. The van der Waals surface area contributed by atoms with E-state index < -0.39 is 4.92 Å². The predicted molar refractivity (Wildman–Crippen MR) is 65.3 cm³/mol. The number of aromatic nitrogens is 1. The smallest absolute Gasteiger partial charge is 0.274 e. The van der Waals surface area contributed by atoms with Gasteiger partial charge < -0.3 is 5.32 Å². The van der Waals surface area contributed by atoms with Crippen molar-refractivity contribution in [3.63, 3.8) is 0 Å². The maximum absolute atomic E-state index is 10.6. The van der Waals surface area contributed by atoms with Crippen molar-refractivity contribution >= 4 is 17.2 Å². The van der Waals surface area contributed by atoms with Gasteiger partial charge in [-0.3, -0.25) is 10.1 Å². The van der Waals surface area contributed by atoms with Crippen LogP contribution in [0, 0.1) is 21.4 Å². The van der Waals surface area contributed by atoms with Crippen LogP contribution in [0.4, 0.5) is 17.2 Å². The van der Waals surface area contributed by atoms with Crippen LogP contribution in [0.1, 0.15) is 5.56 Å². The highest BCUT2D eigenvalue weighted by atomic mass is 16.6. The zero-order valence-corrected chi connectivity index (χ0v) is 9.20. The second-order valence-corrected chi connectivity index (χ2v) is 3.47. The number of benzene rings is 1. The molecule has 1 aromatic carbocycles. The molecule has 0 unspecified atom stereocenters. The van der Waals surface area contributed by atoms with E-state index in [9.17, 15) is 10.1 Å². The molecule has 0 amide bonds. The molecule has 0 aliphatic carbocycles. The fourth-order valence-corrected chi connectivity index (χ4v) is 1.42. The molecule has 0 saturated carbocycles. The summed E-state index contributed by atoms with van der Waals surface area (Å²) in [5.74, 6) is 0.360. The zero-order valence-electron chi connectivity index (χ0n) is 9.20. The quantitative estimate of drug-likeness (QED) is 0.657. The number of rotatable bonds is 3. The number of nitro groups is 1. The Kier molecular flexibility index (Phi) is 3.16. The molecule has 0 saturated heterocycles. The molecule has 0 spiro atoms. The first-order valence-electron chi connectivity index (χ1n) is 5.06. The molecule has 0 aliphatic rings. The summed E-state index contributed by atoms with van der Waals surface area (Å²) in [6, 6.07) is 11.4. The standard InChI is InChI=1S/C12H8N4O2/c13-8-9-2-1-3-10(6-9)15-12-7-11(16(17)18)4-5-14-12/h1-7H,(H,14,15). The van der Waals surface area contributed by atoms with Gasteiger partial charge in [-0.25, -0.2) is 4.98 Å². The first kappa shape index (κ1) is 11.5. The van der Waals surface area contributed by atoms with E-state index in [1.165, 1.54) is 18.3 Å². The Balaban J connectivity index is 2.26. The molecule has 2 aromatic rings. The molecule has 6 heteroatoms. The lowest BCUT2D eigenvalue weighted by molar-refractivity contribution is -0.384. The Labute approximate surface area is 103 Å². The average molecular weight is 240 g/mol. The van der Waals surface area contributed by atoms with E-state index >= 15 is 0 Å². The van der Waals surface area contributed by atoms with Gasteiger partial charge in [0.2, 0.25) is 0 Å². The van der Waals surface area contributed by atoms with Crippen molar-refractivity contribution in [2.75, 3.05) is 5.32 Å². The molecule has 18 heavy (non-hydrogen) atoms. The van der Waals surface area contributed by atoms with Gasteiger partial charge in [0.25, 0.3) is 5.69 Å². The van der Waals surface area contributed by atoms with Crippen LogP contribution >= 0.6 is 0 Å². The minimum atomic E-state index is -0.488. The van der Waals surface area contributed by atoms with Crippen molar-refractivity contribution in [3.05, 3.63) is 58.3 Å². The lowest BCUT2D eigenvalue weighted by atomic mass is 10.2. The van der Waals surface area contributed by atoms with E-state index in [2.05, 4.69) is 10.3 Å². The monoisotopic (exact) mass is 240 g/mol. The third-order valence-electron chi connectivity index (χ3n) is 2.22. The van der Waals surface area contributed by atoms with Crippen LogP contribution in [0.3, 0.4) is 0 Å². The molecule has 0 aliphatic heterocycles. The van der Waals surface area contributed by atoms with Crippen LogP contribution in [0.15, 0.2) is 42.6 Å². The minimum absolute atomic E-state index is 0.0380. The minimum Gasteiger partial charge on any atom is -0.340 e. The number of nitrogens with one attached hydrogen (secondary N) is 1. The van der Waals surface area contributed by atoms with Crippen LogP contribution in [0.25, 0.3) is 0 Å². The van der Waals surface area contributed by atoms with Crippen molar-refractivity contribution in [3.8, 4) is 6.07 Å². The lowest BCUT2D eigenvalue weighted by Crippen LogP contribution is -1.95. The number of nitriles is 1. The van der Waals surface area contributed by atoms with Crippen LogP contribution in [0.5, 0.6) is 0 Å². The molecular weight excluding hydrogens is 232 g/mol. The summed E-state index contributed by atoms with van der Waals surface area (Å²) >= 11 is 0. The molecule has 1 N–H and O–H groups in total. The first-order chi connectivity index (χ1) is 8.69. The van der Waals surface area contributed by atoms with Gasteiger partial charge in [-0.15, -0.1) is 0 Å². The number of hydrogen-bond donors (Lipinski definition) is 1. The van der Waals surface area contributed by atoms with Crippen LogP contribution in [0.2, 0.25) is 0 Å². The summed E-state index contributed by atoms with van der Waals surface area (Å²) in [7, 11) is 0. The van der Waals surface area contributed by atoms with Gasteiger partial charge >= 0.3 is 0 Å². The van der Waals surface area contributed by atoms with Crippen molar-refractivity contribution in [2.24, 2.45) is 0 Å². The van der Waals surface area contributed by atoms with Gasteiger partial charge in [0.1, 0.15) is 5.82 Å². The van der Waals surface area contributed by atoms with Crippen LogP contribution in [-0.4, -0.2) is 9.91 Å². The van der Waals surface area contributed by atoms with E-state index in [0.717, 1.165) is 0 Å². The fraction of sp³-hybridized carbons (Fsp3) is 0. The largest absolute Gasteiger partial charge is 0.340 e. The molecular formula is C12H8N4O2. The SMILES string of the molecule is N#Cc1cccc(Nc2cc([N+](=O)[O-])ccn2)c1. The summed E-state index contributed by atoms with van der Waals surface area (Å²) in [4.78, 5) is 14.1. The second kappa shape index (κ2) is 4.93. The van der Waals surface area contributed by atoms with E-state index in [1.54, 1.807) is 24.3 Å². The van der Waals surface area contributed by atoms with Gasteiger partial charge in [0, 0.05) is 18.0 Å².